The van der Waals surface area contributed by atoms with Crippen LogP contribution in [0.25, 0.3) is 0 Å². The van der Waals surface area contributed by atoms with Crippen molar-refractivity contribution in [2.75, 3.05) is 19.3 Å². The zero-order chi connectivity index (χ0) is 13.1. The van der Waals surface area contributed by atoms with E-state index in [4.69, 9.17) is 4.42 Å². The summed E-state index contributed by atoms with van der Waals surface area (Å²) in [7, 11) is -3.12. The van der Waals surface area contributed by atoms with Crippen LogP contribution in [0.2, 0.25) is 0 Å². The van der Waals surface area contributed by atoms with Crippen LogP contribution in [-0.2, 0) is 9.84 Å². The molecule has 1 rings (SSSR count). The van der Waals surface area contributed by atoms with Crippen molar-refractivity contribution in [3.05, 3.63) is 24.2 Å². The van der Waals surface area contributed by atoms with E-state index in [-0.39, 0.29) is 13.1 Å². The first-order chi connectivity index (χ1) is 7.74. The molecule has 1 atom stereocenters. The zero-order valence-corrected chi connectivity index (χ0v) is 11.1. The number of rotatable bonds is 6. The number of nitrogens with one attached hydrogen (secondary N) is 1. The molecule has 0 aliphatic rings. The highest BCUT2D eigenvalue weighted by Crippen LogP contribution is 2.15. The molecule has 0 spiro atoms. The van der Waals surface area contributed by atoms with Gasteiger partial charge in [-0.05, 0) is 26.0 Å². The summed E-state index contributed by atoms with van der Waals surface area (Å²) in [5.41, 5.74) is 0. The molecule has 1 unspecified atom stereocenters. The van der Waals surface area contributed by atoms with Gasteiger partial charge in [0.25, 0.3) is 0 Å². The summed E-state index contributed by atoms with van der Waals surface area (Å²) in [6.07, 6.45) is 1.93. The highest BCUT2D eigenvalue weighted by atomic mass is 32.2. The second-order valence-electron chi connectivity index (χ2n) is 4.69. The van der Waals surface area contributed by atoms with Crippen molar-refractivity contribution in [2.24, 2.45) is 0 Å². The molecular formula is C11H19NO4S. The number of aliphatic hydroxyl groups is 1. The minimum absolute atomic E-state index is 0.256. The first-order valence-electron chi connectivity index (χ1n) is 5.36. The Kier molecular flexibility index (Phi) is 4.35. The predicted molar refractivity (Wildman–Crippen MR) is 65.5 cm³/mol. The van der Waals surface area contributed by atoms with E-state index < -0.39 is 20.7 Å². The number of furan rings is 1. The molecule has 1 heterocycles. The minimum atomic E-state index is -3.12. The predicted octanol–water partition coefficient (Wildman–Crippen LogP) is 0.726. The van der Waals surface area contributed by atoms with Gasteiger partial charge in [-0.15, -0.1) is 0 Å². The summed E-state index contributed by atoms with van der Waals surface area (Å²) in [6, 6.07) is 3.37. The van der Waals surface area contributed by atoms with Crippen molar-refractivity contribution >= 4 is 9.84 Å². The molecular weight excluding hydrogens is 242 g/mol. The normalized spacial score (nSPS) is 14.8. The molecule has 5 nitrogen and oxygen atoms in total. The Labute approximate surface area is 102 Å². The smallest absolute Gasteiger partial charge is 0.153 e. The van der Waals surface area contributed by atoms with Gasteiger partial charge in [0, 0.05) is 19.3 Å². The van der Waals surface area contributed by atoms with Crippen LogP contribution < -0.4 is 5.32 Å². The molecule has 0 radical (unpaired) electrons. The van der Waals surface area contributed by atoms with Crippen molar-refractivity contribution < 1.29 is 17.9 Å². The Morgan fingerprint density at radius 1 is 1.53 bits per heavy atom. The van der Waals surface area contributed by atoms with Crippen molar-refractivity contribution in [1.82, 2.24) is 5.32 Å². The van der Waals surface area contributed by atoms with Gasteiger partial charge in [-0.25, -0.2) is 8.42 Å². The van der Waals surface area contributed by atoms with Crippen LogP contribution in [0.4, 0.5) is 0 Å². The fraction of sp³-hybridized carbons (Fsp3) is 0.636. The zero-order valence-electron chi connectivity index (χ0n) is 10.3. The van der Waals surface area contributed by atoms with Crippen molar-refractivity contribution in [3.8, 4) is 0 Å². The van der Waals surface area contributed by atoms with Crippen molar-refractivity contribution in [2.45, 2.75) is 24.7 Å². The molecule has 0 aliphatic carbocycles. The van der Waals surface area contributed by atoms with E-state index in [2.05, 4.69) is 5.32 Å². The third kappa shape index (κ3) is 3.83. The molecule has 98 valence electrons. The third-order valence-electron chi connectivity index (χ3n) is 2.76. The molecule has 1 aromatic heterocycles. The summed E-state index contributed by atoms with van der Waals surface area (Å²) in [5.74, 6) is 0.467. The molecule has 0 fully saturated rings. The van der Waals surface area contributed by atoms with Crippen LogP contribution in [0.1, 0.15) is 25.7 Å². The maximum absolute atomic E-state index is 11.4. The third-order valence-corrected chi connectivity index (χ3v) is 4.92. The fourth-order valence-electron chi connectivity index (χ4n) is 1.22. The average Bonchev–Trinajstić information content (AvgIpc) is 2.67. The minimum Gasteiger partial charge on any atom is -0.467 e. The molecule has 0 aliphatic heterocycles. The Morgan fingerprint density at radius 2 is 2.18 bits per heavy atom. The van der Waals surface area contributed by atoms with E-state index in [1.165, 1.54) is 12.5 Å². The van der Waals surface area contributed by atoms with Crippen LogP contribution in [0.5, 0.6) is 0 Å². The maximum atomic E-state index is 11.4. The van der Waals surface area contributed by atoms with E-state index in [1.807, 2.05) is 0 Å². The van der Waals surface area contributed by atoms with Gasteiger partial charge in [0.15, 0.2) is 9.84 Å². The van der Waals surface area contributed by atoms with Gasteiger partial charge in [0.1, 0.15) is 11.9 Å². The standard InChI is InChI=1S/C11H19NO4S/c1-11(2,17(3,14)15)8-12-7-9(13)10-5-4-6-16-10/h4-6,9,12-13H,7-8H2,1-3H3. The van der Waals surface area contributed by atoms with Crippen LogP contribution in [-0.4, -0.2) is 37.6 Å². The van der Waals surface area contributed by atoms with Gasteiger partial charge in [-0.2, -0.15) is 0 Å². The largest absolute Gasteiger partial charge is 0.467 e. The van der Waals surface area contributed by atoms with E-state index in [1.54, 1.807) is 26.0 Å². The van der Waals surface area contributed by atoms with Crippen LogP contribution >= 0.6 is 0 Å². The van der Waals surface area contributed by atoms with Crippen molar-refractivity contribution in [3.63, 3.8) is 0 Å². The maximum Gasteiger partial charge on any atom is 0.153 e. The van der Waals surface area contributed by atoms with E-state index in [0.29, 0.717) is 5.76 Å². The van der Waals surface area contributed by atoms with Gasteiger partial charge < -0.3 is 14.8 Å². The Hall–Kier alpha value is -0.850. The molecule has 0 aromatic carbocycles. The number of hydrogen-bond donors (Lipinski definition) is 2. The number of hydrogen-bond acceptors (Lipinski definition) is 5. The first-order valence-corrected chi connectivity index (χ1v) is 7.25. The monoisotopic (exact) mass is 261 g/mol. The summed E-state index contributed by atoms with van der Waals surface area (Å²) in [6.45, 7) is 3.83. The lowest BCUT2D eigenvalue weighted by Crippen LogP contribution is -2.42. The van der Waals surface area contributed by atoms with Gasteiger partial charge >= 0.3 is 0 Å². The second-order valence-corrected chi connectivity index (χ2v) is 7.34. The van der Waals surface area contributed by atoms with Gasteiger partial charge in [-0.3, -0.25) is 0 Å². The second kappa shape index (κ2) is 5.20. The van der Waals surface area contributed by atoms with Gasteiger partial charge in [0.05, 0.1) is 11.0 Å². The lowest BCUT2D eigenvalue weighted by Gasteiger charge is -2.23. The average molecular weight is 261 g/mol. The van der Waals surface area contributed by atoms with Crippen molar-refractivity contribution in [1.29, 1.82) is 0 Å². The Morgan fingerprint density at radius 3 is 2.65 bits per heavy atom. The fourth-order valence-corrected chi connectivity index (χ4v) is 1.59. The number of sulfone groups is 1. The van der Waals surface area contributed by atoms with Crippen LogP contribution in [0, 0.1) is 0 Å². The summed E-state index contributed by atoms with van der Waals surface area (Å²) < 4.78 is 27.1. The topological polar surface area (TPSA) is 79.5 Å². The summed E-state index contributed by atoms with van der Waals surface area (Å²) in [5, 5.41) is 12.6. The number of aliphatic hydroxyl groups excluding tert-OH is 1. The molecule has 0 saturated heterocycles. The quantitative estimate of drug-likeness (QED) is 0.789. The summed E-state index contributed by atoms with van der Waals surface area (Å²) >= 11 is 0. The molecule has 0 amide bonds. The van der Waals surface area contributed by atoms with Crippen LogP contribution in [0.15, 0.2) is 22.8 Å². The van der Waals surface area contributed by atoms with E-state index in [9.17, 15) is 13.5 Å². The summed E-state index contributed by atoms with van der Waals surface area (Å²) in [4.78, 5) is 0. The molecule has 1 aromatic rings. The lowest BCUT2D eigenvalue weighted by molar-refractivity contribution is 0.147. The van der Waals surface area contributed by atoms with Crippen LogP contribution in [0.3, 0.4) is 0 Å². The molecule has 6 heteroatoms. The lowest BCUT2D eigenvalue weighted by atomic mass is 10.2. The van der Waals surface area contributed by atoms with Gasteiger partial charge in [0.2, 0.25) is 0 Å². The molecule has 17 heavy (non-hydrogen) atoms. The SMILES string of the molecule is CC(C)(CNCC(O)c1ccco1)S(C)(=O)=O. The van der Waals surface area contributed by atoms with E-state index >= 15 is 0 Å². The Balaban J connectivity index is 2.44. The van der Waals surface area contributed by atoms with Gasteiger partial charge in [-0.1, -0.05) is 0 Å². The molecule has 2 N–H and O–H groups in total. The highest BCUT2D eigenvalue weighted by Gasteiger charge is 2.29. The first kappa shape index (κ1) is 14.2. The highest BCUT2D eigenvalue weighted by molar-refractivity contribution is 7.92. The molecule has 0 saturated carbocycles. The van der Waals surface area contributed by atoms with E-state index in [0.717, 1.165) is 0 Å². The Bertz CT molecular complexity index is 436. The molecule has 0 bridgehead atoms.